The highest BCUT2D eigenvalue weighted by Crippen LogP contribution is 2.31. The average Bonchev–Trinajstić information content (AvgIpc) is 2.32. The van der Waals surface area contributed by atoms with Crippen LogP contribution >= 0.6 is 11.3 Å². The monoisotopic (exact) mass is 179 g/mol. The maximum Gasteiger partial charge on any atom is 0.281 e. The van der Waals surface area contributed by atoms with Crippen molar-refractivity contribution >= 4 is 11.3 Å². The van der Waals surface area contributed by atoms with Gasteiger partial charge < -0.3 is 5.11 Å². The zero-order valence-electron chi connectivity index (χ0n) is 5.84. The van der Waals surface area contributed by atoms with E-state index in [4.69, 9.17) is 5.11 Å². The van der Waals surface area contributed by atoms with Crippen molar-refractivity contribution in [3.05, 3.63) is 16.1 Å². The lowest BCUT2D eigenvalue weighted by Gasteiger charge is -2.04. The van der Waals surface area contributed by atoms with E-state index in [2.05, 4.69) is 4.98 Å². The molecular formula is C6H7F2NOS. The van der Waals surface area contributed by atoms with Crippen molar-refractivity contribution in [1.82, 2.24) is 4.98 Å². The number of halogens is 2. The van der Waals surface area contributed by atoms with Gasteiger partial charge in [0.25, 0.3) is 5.92 Å². The van der Waals surface area contributed by atoms with E-state index in [0.29, 0.717) is 5.01 Å². The van der Waals surface area contributed by atoms with Gasteiger partial charge in [0.2, 0.25) is 0 Å². The molecule has 2 nitrogen and oxygen atoms in total. The van der Waals surface area contributed by atoms with Crippen molar-refractivity contribution in [2.24, 2.45) is 0 Å². The molecule has 0 aliphatic heterocycles. The average molecular weight is 179 g/mol. The molecule has 0 unspecified atom stereocenters. The maximum absolute atomic E-state index is 12.5. The molecule has 0 radical (unpaired) electrons. The largest absolute Gasteiger partial charge is 0.389 e. The topological polar surface area (TPSA) is 33.1 Å². The molecule has 62 valence electrons. The Morgan fingerprint density at radius 3 is 2.64 bits per heavy atom. The summed E-state index contributed by atoms with van der Waals surface area (Å²) >= 11 is 0.829. The lowest BCUT2D eigenvalue weighted by molar-refractivity contribution is 0.0213. The van der Waals surface area contributed by atoms with Crippen molar-refractivity contribution in [3.8, 4) is 0 Å². The highest BCUT2D eigenvalue weighted by Gasteiger charge is 2.26. The van der Waals surface area contributed by atoms with Crippen molar-refractivity contribution in [1.29, 1.82) is 0 Å². The molecule has 0 atom stereocenters. The number of alkyl halides is 2. The summed E-state index contributed by atoms with van der Waals surface area (Å²) in [4.78, 5) is 3.48. The van der Waals surface area contributed by atoms with Crippen molar-refractivity contribution in [3.63, 3.8) is 0 Å². The first-order valence-corrected chi connectivity index (χ1v) is 3.79. The fourth-order valence-corrected chi connectivity index (χ4v) is 1.29. The minimum Gasteiger partial charge on any atom is -0.389 e. The Hall–Kier alpha value is -0.550. The summed E-state index contributed by atoms with van der Waals surface area (Å²) in [5, 5.41) is 8.84. The van der Waals surface area contributed by atoms with Crippen LogP contribution in [-0.4, -0.2) is 10.1 Å². The quantitative estimate of drug-likeness (QED) is 0.750. The number of rotatable bonds is 2. The van der Waals surface area contributed by atoms with E-state index in [1.807, 2.05) is 0 Å². The van der Waals surface area contributed by atoms with Crippen LogP contribution in [0.4, 0.5) is 8.78 Å². The van der Waals surface area contributed by atoms with Gasteiger partial charge in [0, 0.05) is 13.1 Å². The summed E-state index contributed by atoms with van der Waals surface area (Å²) in [6.07, 6.45) is 1.09. The lowest BCUT2D eigenvalue weighted by atomic mass is 10.3. The smallest absolute Gasteiger partial charge is 0.281 e. The molecule has 1 aromatic heterocycles. The Morgan fingerprint density at radius 1 is 1.73 bits per heavy atom. The zero-order valence-corrected chi connectivity index (χ0v) is 6.66. The van der Waals surface area contributed by atoms with Crippen LogP contribution in [-0.2, 0) is 12.5 Å². The first-order valence-electron chi connectivity index (χ1n) is 2.98. The van der Waals surface area contributed by atoms with Gasteiger partial charge in [-0.05, 0) is 0 Å². The Labute approximate surface area is 66.5 Å². The summed E-state index contributed by atoms with van der Waals surface area (Å²) in [6, 6.07) is 0. The summed E-state index contributed by atoms with van der Waals surface area (Å²) in [7, 11) is 0. The van der Waals surface area contributed by atoms with Gasteiger partial charge in [0.05, 0.1) is 11.5 Å². The number of nitrogens with zero attached hydrogens (tertiary/aromatic N) is 1. The van der Waals surface area contributed by atoms with Gasteiger partial charge in [0.15, 0.2) is 0 Å². The van der Waals surface area contributed by atoms with Gasteiger partial charge in [-0.15, -0.1) is 11.3 Å². The SMILES string of the molecule is CC(F)(F)c1cnc(CO)s1. The Kier molecular flexibility index (Phi) is 2.20. The Morgan fingerprint density at radius 2 is 2.36 bits per heavy atom. The first kappa shape index (κ1) is 8.55. The predicted octanol–water partition coefficient (Wildman–Crippen LogP) is 1.75. The van der Waals surface area contributed by atoms with Gasteiger partial charge in [-0.1, -0.05) is 0 Å². The Bertz CT molecular complexity index is 243. The zero-order chi connectivity index (χ0) is 8.48. The normalized spacial score (nSPS) is 12.0. The molecule has 1 rings (SSSR count). The fraction of sp³-hybridized carbons (Fsp3) is 0.500. The first-order chi connectivity index (χ1) is 5.04. The van der Waals surface area contributed by atoms with Gasteiger partial charge in [0.1, 0.15) is 5.01 Å². The molecule has 0 aliphatic carbocycles. The fourth-order valence-electron chi connectivity index (χ4n) is 0.586. The third-order valence-electron chi connectivity index (χ3n) is 1.12. The lowest BCUT2D eigenvalue weighted by Crippen LogP contribution is -2.03. The van der Waals surface area contributed by atoms with Gasteiger partial charge >= 0.3 is 0 Å². The van der Waals surface area contributed by atoms with Crippen LogP contribution in [0.15, 0.2) is 6.20 Å². The molecular weight excluding hydrogens is 172 g/mol. The van der Waals surface area contributed by atoms with E-state index >= 15 is 0 Å². The van der Waals surface area contributed by atoms with E-state index in [1.165, 1.54) is 0 Å². The van der Waals surface area contributed by atoms with E-state index in [1.54, 1.807) is 0 Å². The van der Waals surface area contributed by atoms with Crippen LogP contribution in [0.3, 0.4) is 0 Å². The molecule has 1 heterocycles. The minimum absolute atomic E-state index is 0.110. The molecule has 0 spiro atoms. The second-order valence-electron chi connectivity index (χ2n) is 2.16. The minimum atomic E-state index is -2.84. The van der Waals surface area contributed by atoms with Crippen molar-refractivity contribution in [2.45, 2.75) is 19.5 Å². The molecule has 0 fully saturated rings. The standard InChI is InChI=1S/C6H7F2NOS/c1-6(7,8)4-2-9-5(3-10)11-4/h2,10H,3H2,1H3. The van der Waals surface area contributed by atoms with Crippen LogP contribution in [0.25, 0.3) is 0 Å². The van der Waals surface area contributed by atoms with Gasteiger partial charge in [-0.2, -0.15) is 0 Å². The van der Waals surface area contributed by atoms with Crippen LogP contribution in [0.1, 0.15) is 16.8 Å². The third kappa shape index (κ3) is 1.94. The van der Waals surface area contributed by atoms with Crippen molar-refractivity contribution in [2.75, 3.05) is 0 Å². The van der Waals surface area contributed by atoms with Crippen LogP contribution in [0.2, 0.25) is 0 Å². The summed E-state index contributed by atoms with van der Waals surface area (Å²) in [5.74, 6) is -2.84. The molecule has 0 aliphatic rings. The number of aliphatic hydroxyl groups excluding tert-OH is 1. The highest BCUT2D eigenvalue weighted by atomic mass is 32.1. The molecule has 11 heavy (non-hydrogen) atoms. The molecule has 0 amide bonds. The number of aliphatic hydroxyl groups is 1. The number of hydrogen-bond acceptors (Lipinski definition) is 3. The number of hydrogen-bond donors (Lipinski definition) is 1. The summed E-state index contributed by atoms with van der Waals surface area (Å²) in [6.45, 7) is 0.530. The van der Waals surface area contributed by atoms with Crippen LogP contribution in [0, 0.1) is 0 Å². The molecule has 1 aromatic rings. The molecule has 0 saturated heterocycles. The van der Waals surface area contributed by atoms with Crippen molar-refractivity contribution < 1.29 is 13.9 Å². The Balaban J connectivity index is 2.89. The van der Waals surface area contributed by atoms with E-state index < -0.39 is 5.92 Å². The van der Waals surface area contributed by atoms with Gasteiger partial charge in [-0.3, -0.25) is 0 Å². The van der Waals surface area contributed by atoms with Crippen LogP contribution in [0.5, 0.6) is 0 Å². The molecule has 0 aromatic carbocycles. The number of thiazole rings is 1. The van der Waals surface area contributed by atoms with Gasteiger partial charge in [-0.25, -0.2) is 13.8 Å². The summed E-state index contributed by atoms with van der Waals surface area (Å²) in [5.41, 5.74) is 0. The van der Waals surface area contributed by atoms with E-state index in [9.17, 15) is 8.78 Å². The second-order valence-corrected chi connectivity index (χ2v) is 3.28. The predicted molar refractivity (Wildman–Crippen MR) is 37.6 cm³/mol. The van der Waals surface area contributed by atoms with E-state index in [0.717, 1.165) is 24.5 Å². The highest BCUT2D eigenvalue weighted by molar-refractivity contribution is 7.11. The second kappa shape index (κ2) is 2.83. The summed E-state index contributed by atoms with van der Waals surface area (Å²) < 4.78 is 25.0. The molecule has 5 heteroatoms. The maximum atomic E-state index is 12.5. The molecule has 1 N–H and O–H groups in total. The third-order valence-corrected chi connectivity index (χ3v) is 2.28. The molecule has 0 saturated carbocycles. The van der Waals surface area contributed by atoms with E-state index in [-0.39, 0.29) is 11.5 Å². The number of aromatic nitrogens is 1. The molecule has 0 bridgehead atoms. The van der Waals surface area contributed by atoms with Crippen LogP contribution < -0.4 is 0 Å².